The predicted molar refractivity (Wildman–Crippen MR) is 39.4 cm³/mol. The molecule has 1 aromatic rings. The summed E-state index contributed by atoms with van der Waals surface area (Å²) in [5.74, 6) is 0. The van der Waals surface area contributed by atoms with Crippen LogP contribution in [0.3, 0.4) is 0 Å². The summed E-state index contributed by atoms with van der Waals surface area (Å²) in [6.45, 7) is 1.87. The number of rotatable bonds is 1. The Morgan fingerprint density at radius 1 is 1.82 bits per heavy atom. The predicted octanol–water partition coefficient (Wildman–Crippen LogP) is -0.334. The van der Waals surface area contributed by atoms with E-state index in [1.807, 2.05) is 6.92 Å². The van der Waals surface area contributed by atoms with Gasteiger partial charge in [-0.15, -0.1) is 0 Å². The van der Waals surface area contributed by atoms with Crippen molar-refractivity contribution in [3.8, 4) is 0 Å². The molecule has 1 rings (SSSR count). The number of carbonyl (C=O) groups excluding carboxylic acids is 1. The molecule has 0 radical (unpaired) electrons. The summed E-state index contributed by atoms with van der Waals surface area (Å²) in [6.07, 6.45) is 2.08. The van der Waals surface area contributed by atoms with Gasteiger partial charge in [-0.2, -0.15) is 0 Å². The van der Waals surface area contributed by atoms with E-state index in [-0.39, 0.29) is 0 Å². The molecule has 0 aliphatic rings. The largest absolute Gasteiger partial charge is 0.351 e. The van der Waals surface area contributed by atoms with Crippen LogP contribution in [-0.4, -0.2) is 15.6 Å². The van der Waals surface area contributed by atoms with Crippen molar-refractivity contribution < 1.29 is 4.79 Å². The molecule has 0 aliphatic carbocycles. The molecule has 3 N–H and O–H groups in total. The Bertz CT molecular complexity index is 323. The Morgan fingerprint density at radius 3 is 2.73 bits per heavy atom. The second-order valence-electron chi connectivity index (χ2n) is 2.15. The van der Waals surface area contributed by atoms with Crippen LogP contribution in [0.4, 0.5) is 4.79 Å². The summed E-state index contributed by atoms with van der Waals surface area (Å²) in [6, 6.07) is -0.758. The number of nitrogens with one attached hydrogen (secondary N) is 1. The number of hydrogen-bond donors (Lipinski definition) is 2. The van der Waals surface area contributed by atoms with Crippen LogP contribution in [0.1, 0.15) is 12.6 Å². The van der Waals surface area contributed by atoms with Crippen molar-refractivity contribution in [2.45, 2.75) is 13.3 Å². The van der Waals surface area contributed by atoms with Crippen LogP contribution in [0, 0.1) is 0 Å². The smallest absolute Gasteiger partial charge is 0.333 e. The first-order valence-corrected chi connectivity index (χ1v) is 3.25. The van der Waals surface area contributed by atoms with Gasteiger partial charge in [-0.3, -0.25) is 0 Å². The van der Waals surface area contributed by atoms with Crippen molar-refractivity contribution in [1.29, 1.82) is 0 Å². The molecule has 0 atom stereocenters. The zero-order valence-electron chi connectivity index (χ0n) is 6.13. The maximum atomic E-state index is 10.8. The minimum atomic E-state index is -0.758. The number of primary amides is 1. The van der Waals surface area contributed by atoms with Crippen LogP contribution in [0.25, 0.3) is 0 Å². The second-order valence-corrected chi connectivity index (χ2v) is 2.15. The molecule has 5 heteroatoms. The lowest BCUT2D eigenvalue weighted by molar-refractivity contribution is 0.249. The van der Waals surface area contributed by atoms with E-state index >= 15 is 0 Å². The highest BCUT2D eigenvalue weighted by Crippen LogP contribution is 1.90. The Kier molecular flexibility index (Phi) is 1.80. The number of aromatic amines is 1. The van der Waals surface area contributed by atoms with Crippen molar-refractivity contribution in [1.82, 2.24) is 9.55 Å². The number of imidazole rings is 1. The number of carbonyl (C=O) groups is 1. The third-order valence-electron chi connectivity index (χ3n) is 1.39. The van der Waals surface area contributed by atoms with E-state index < -0.39 is 11.7 Å². The minimum absolute atomic E-state index is 0.477. The van der Waals surface area contributed by atoms with Crippen molar-refractivity contribution in [2.75, 3.05) is 0 Å². The van der Waals surface area contributed by atoms with Gasteiger partial charge in [0.1, 0.15) is 0 Å². The molecule has 0 unspecified atom stereocenters. The van der Waals surface area contributed by atoms with E-state index in [2.05, 4.69) is 4.98 Å². The number of amides is 1. The van der Waals surface area contributed by atoms with E-state index in [0.29, 0.717) is 12.1 Å². The molecular formula is C6H9N3O2. The quantitative estimate of drug-likeness (QED) is 0.582. The summed E-state index contributed by atoms with van der Waals surface area (Å²) in [5, 5.41) is 0. The summed E-state index contributed by atoms with van der Waals surface area (Å²) in [7, 11) is 0. The first-order valence-electron chi connectivity index (χ1n) is 3.25. The fraction of sp³-hybridized carbons (Fsp3) is 0.333. The maximum Gasteiger partial charge on any atom is 0.333 e. The Hall–Kier alpha value is -1.52. The molecule has 0 spiro atoms. The first-order chi connectivity index (χ1) is 5.15. The van der Waals surface area contributed by atoms with E-state index in [1.54, 1.807) is 0 Å². The van der Waals surface area contributed by atoms with Crippen molar-refractivity contribution >= 4 is 6.03 Å². The second kappa shape index (κ2) is 2.61. The molecule has 0 bridgehead atoms. The van der Waals surface area contributed by atoms with Crippen LogP contribution in [-0.2, 0) is 6.42 Å². The molecule has 0 saturated carbocycles. The van der Waals surface area contributed by atoms with Gasteiger partial charge in [-0.05, 0) is 6.42 Å². The zero-order chi connectivity index (χ0) is 8.43. The average Bonchev–Trinajstić information content (AvgIpc) is 2.30. The van der Waals surface area contributed by atoms with Gasteiger partial charge in [0.25, 0.3) is 0 Å². The van der Waals surface area contributed by atoms with Crippen LogP contribution in [0.15, 0.2) is 11.0 Å². The highest BCUT2D eigenvalue weighted by Gasteiger charge is 2.04. The molecule has 0 aromatic carbocycles. The van der Waals surface area contributed by atoms with Crippen molar-refractivity contribution in [3.05, 3.63) is 22.4 Å². The first kappa shape index (κ1) is 7.59. The zero-order valence-corrected chi connectivity index (χ0v) is 6.13. The standard InChI is InChI=1S/C6H9N3O2/c1-2-4-3-9(5(7)10)6(11)8-4/h3H,2H2,1H3,(H2,7,10)(H,8,11). The maximum absolute atomic E-state index is 10.8. The average molecular weight is 155 g/mol. The van der Waals surface area contributed by atoms with Crippen molar-refractivity contribution in [3.63, 3.8) is 0 Å². The molecule has 1 heterocycles. The van der Waals surface area contributed by atoms with Gasteiger partial charge in [-0.1, -0.05) is 6.92 Å². The van der Waals surface area contributed by atoms with Gasteiger partial charge in [0.15, 0.2) is 0 Å². The highest BCUT2D eigenvalue weighted by molar-refractivity contribution is 5.74. The molecule has 11 heavy (non-hydrogen) atoms. The number of nitrogens with zero attached hydrogens (tertiary/aromatic N) is 1. The molecule has 5 nitrogen and oxygen atoms in total. The highest BCUT2D eigenvalue weighted by atomic mass is 16.2. The molecular weight excluding hydrogens is 146 g/mol. The third kappa shape index (κ3) is 1.31. The van der Waals surface area contributed by atoms with Gasteiger partial charge in [0, 0.05) is 11.9 Å². The van der Waals surface area contributed by atoms with E-state index in [0.717, 1.165) is 4.57 Å². The summed E-state index contributed by atoms with van der Waals surface area (Å²) >= 11 is 0. The normalized spacial score (nSPS) is 9.91. The fourth-order valence-electron chi connectivity index (χ4n) is 0.788. The van der Waals surface area contributed by atoms with E-state index in [9.17, 15) is 9.59 Å². The van der Waals surface area contributed by atoms with Gasteiger partial charge >= 0.3 is 11.7 Å². The Balaban J connectivity index is 3.18. The Labute approximate surface area is 62.8 Å². The lowest BCUT2D eigenvalue weighted by Crippen LogP contribution is -2.28. The lowest BCUT2D eigenvalue weighted by atomic mass is 10.4. The Morgan fingerprint density at radius 2 is 2.45 bits per heavy atom. The molecule has 60 valence electrons. The monoisotopic (exact) mass is 155 g/mol. The van der Waals surface area contributed by atoms with Gasteiger partial charge in [-0.25, -0.2) is 14.2 Å². The van der Waals surface area contributed by atoms with Gasteiger partial charge in [0.2, 0.25) is 0 Å². The van der Waals surface area contributed by atoms with Crippen LogP contribution in [0.2, 0.25) is 0 Å². The lowest BCUT2D eigenvalue weighted by Gasteiger charge is -1.87. The van der Waals surface area contributed by atoms with Gasteiger partial charge in [0.05, 0.1) is 0 Å². The topological polar surface area (TPSA) is 80.9 Å². The number of nitrogens with two attached hydrogens (primary N) is 1. The number of aromatic nitrogens is 2. The molecule has 1 amide bonds. The molecule has 0 aliphatic heterocycles. The third-order valence-corrected chi connectivity index (χ3v) is 1.39. The molecule has 1 aromatic heterocycles. The summed E-state index contributed by atoms with van der Waals surface area (Å²) in [4.78, 5) is 23.8. The number of hydrogen-bond acceptors (Lipinski definition) is 2. The fourth-order valence-corrected chi connectivity index (χ4v) is 0.788. The summed E-state index contributed by atoms with van der Waals surface area (Å²) < 4.78 is 0.846. The number of H-pyrrole nitrogens is 1. The minimum Gasteiger partial charge on any atom is -0.351 e. The van der Waals surface area contributed by atoms with E-state index in [1.165, 1.54) is 6.20 Å². The molecule has 0 fully saturated rings. The van der Waals surface area contributed by atoms with Gasteiger partial charge < -0.3 is 10.7 Å². The van der Waals surface area contributed by atoms with E-state index in [4.69, 9.17) is 5.73 Å². The van der Waals surface area contributed by atoms with Crippen LogP contribution >= 0.6 is 0 Å². The van der Waals surface area contributed by atoms with Crippen LogP contribution in [0.5, 0.6) is 0 Å². The van der Waals surface area contributed by atoms with Crippen LogP contribution < -0.4 is 11.4 Å². The number of aryl methyl sites for hydroxylation is 1. The molecule has 0 saturated heterocycles. The SMILES string of the molecule is CCc1cn(C(N)=O)c(=O)[nH]1. The van der Waals surface area contributed by atoms with Crippen molar-refractivity contribution in [2.24, 2.45) is 5.73 Å². The summed E-state index contributed by atoms with van der Waals surface area (Å²) in [5.41, 5.74) is 5.11.